The van der Waals surface area contributed by atoms with Gasteiger partial charge < -0.3 is 5.32 Å². The third kappa shape index (κ3) is 5.68. The third-order valence-electron chi connectivity index (χ3n) is 6.46. The van der Waals surface area contributed by atoms with Crippen LogP contribution in [0.4, 0.5) is 5.69 Å². The second-order valence-corrected chi connectivity index (χ2v) is 9.25. The normalized spacial score (nSPS) is 13.7. The Hall–Kier alpha value is -4.48. The number of hydrogen-bond acceptors (Lipinski definition) is 3. The zero-order chi connectivity index (χ0) is 25.6. The Bertz CT molecular complexity index is 1370. The van der Waals surface area contributed by atoms with Gasteiger partial charge in [0.05, 0.1) is 17.9 Å². The average Bonchev–Trinajstić information content (AvgIpc) is 3.19. The summed E-state index contributed by atoms with van der Waals surface area (Å²) in [7, 11) is 0. The van der Waals surface area contributed by atoms with E-state index in [4.69, 9.17) is 0 Å². The third-order valence-corrected chi connectivity index (χ3v) is 6.46. The molecule has 1 aliphatic rings. The van der Waals surface area contributed by atoms with Crippen molar-refractivity contribution in [2.24, 2.45) is 0 Å². The van der Waals surface area contributed by atoms with Crippen molar-refractivity contribution in [1.82, 2.24) is 10.2 Å². The van der Waals surface area contributed by atoms with Gasteiger partial charge in [-0.1, -0.05) is 96.6 Å². The number of para-hydroxylation sites is 1. The van der Waals surface area contributed by atoms with E-state index in [1.54, 1.807) is 23.2 Å². The molecule has 0 fully saturated rings. The lowest BCUT2D eigenvalue weighted by atomic mass is 10.1. The van der Waals surface area contributed by atoms with Gasteiger partial charge >= 0.3 is 0 Å². The largest absolute Gasteiger partial charge is 0.328 e. The molecule has 0 saturated heterocycles. The number of benzene rings is 4. The summed E-state index contributed by atoms with van der Waals surface area (Å²) in [6, 6.07) is 35.6. The Morgan fingerprint density at radius 3 is 1.97 bits per heavy atom. The summed E-state index contributed by atoms with van der Waals surface area (Å²) in [6.07, 6.45) is 1.54. The first kappa shape index (κ1) is 24.2. The van der Waals surface area contributed by atoms with Crippen molar-refractivity contribution in [1.29, 1.82) is 0 Å². The molecule has 5 rings (SSSR count). The van der Waals surface area contributed by atoms with Crippen LogP contribution in [-0.2, 0) is 17.9 Å². The van der Waals surface area contributed by atoms with Crippen LogP contribution in [0, 0.1) is 6.92 Å². The number of anilines is 1. The fourth-order valence-corrected chi connectivity index (χ4v) is 4.55. The first-order chi connectivity index (χ1) is 18.1. The Balaban J connectivity index is 1.40. The molecule has 5 nitrogen and oxygen atoms in total. The van der Waals surface area contributed by atoms with Crippen LogP contribution < -0.4 is 10.2 Å². The number of aryl methyl sites for hydroxylation is 1. The van der Waals surface area contributed by atoms with Crippen LogP contribution in [0.1, 0.15) is 32.6 Å². The number of nitrogens with zero attached hydrogens (tertiary/aromatic N) is 2. The van der Waals surface area contributed by atoms with Gasteiger partial charge in [0.15, 0.2) is 0 Å². The van der Waals surface area contributed by atoms with Gasteiger partial charge in [0.1, 0.15) is 0 Å². The SMILES string of the molecule is Cc1ccc(C(=O)N/C=C2\C(=O)N(CN(Cc3ccccc3)Cc3ccccc3)c3ccccc32)cc1. The minimum absolute atomic E-state index is 0.128. The number of amides is 2. The van der Waals surface area contributed by atoms with E-state index in [-0.39, 0.29) is 11.8 Å². The molecule has 4 aromatic carbocycles. The minimum Gasteiger partial charge on any atom is -0.328 e. The van der Waals surface area contributed by atoms with Crippen LogP contribution >= 0.6 is 0 Å². The Morgan fingerprint density at radius 1 is 0.784 bits per heavy atom. The smallest absolute Gasteiger partial charge is 0.261 e. The zero-order valence-electron chi connectivity index (χ0n) is 20.8. The highest BCUT2D eigenvalue weighted by atomic mass is 16.2. The van der Waals surface area contributed by atoms with E-state index in [1.807, 2.05) is 79.7 Å². The highest BCUT2D eigenvalue weighted by Crippen LogP contribution is 2.36. The monoisotopic (exact) mass is 487 g/mol. The molecule has 0 atom stereocenters. The van der Waals surface area contributed by atoms with E-state index in [9.17, 15) is 9.59 Å². The topological polar surface area (TPSA) is 52.7 Å². The van der Waals surface area contributed by atoms with Crippen LogP contribution in [0.3, 0.4) is 0 Å². The van der Waals surface area contributed by atoms with E-state index in [1.165, 1.54) is 11.1 Å². The summed E-state index contributed by atoms with van der Waals surface area (Å²) in [6.45, 7) is 3.80. The lowest BCUT2D eigenvalue weighted by molar-refractivity contribution is -0.113. The van der Waals surface area contributed by atoms with E-state index < -0.39 is 0 Å². The maximum atomic E-state index is 13.7. The van der Waals surface area contributed by atoms with E-state index in [0.29, 0.717) is 30.9 Å². The van der Waals surface area contributed by atoms with Crippen molar-refractivity contribution in [3.05, 3.63) is 143 Å². The number of rotatable bonds is 8. The molecule has 2 amide bonds. The zero-order valence-corrected chi connectivity index (χ0v) is 20.8. The molecule has 0 unspecified atom stereocenters. The summed E-state index contributed by atoms with van der Waals surface area (Å²) < 4.78 is 0. The van der Waals surface area contributed by atoms with Crippen molar-refractivity contribution in [2.75, 3.05) is 11.6 Å². The molecule has 1 N–H and O–H groups in total. The molecule has 0 spiro atoms. The molecule has 184 valence electrons. The average molecular weight is 488 g/mol. The van der Waals surface area contributed by atoms with Crippen LogP contribution in [0.25, 0.3) is 5.57 Å². The van der Waals surface area contributed by atoms with Crippen molar-refractivity contribution in [3.8, 4) is 0 Å². The maximum Gasteiger partial charge on any atom is 0.261 e. The fourth-order valence-electron chi connectivity index (χ4n) is 4.55. The highest BCUT2D eigenvalue weighted by molar-refractivity contribution is 6.32. The standard InChI is InChI=1S/C32H29N3O2/c1-24-16-18-27(19-17-24)31(36)33-20-29-28-14-8-9-15-30(28)35(32(29)37)23-34(21-25-10-4-2-5-11-25)22-26-12-6-3-7-13-26/h2-20H,21-23H2,1H3,(H,33,36)/b29-20-. The van der Waals surface area contributed by atoms with Gasteiger partial charge in [-0.25, -0.2) is 0 Å². The highest BCUT2D eigenvalue weighted by Gasteiger charge is 2.33. The first-order valence-electron chi connectivity index (χ1n) is 12.4. The molecule has 0 aliphatic carbocycles. The van der Waals surface area contributed by atoms with Crippen LogP contribution in [0.2, 0.25) is 0 Å². The summed E-state index contributed by atoms with van der Waals surface area (Å²) in [4.78, 5) is 30.4. The van der Waals surface area contributed by atoms with Crippen molar-refractivity contribution in [3.63, 3.8) is 0 Å². The van der Waals surface area contributed by atoms with Crippen molar-refractivity contribution >= 4 is 23.1 Å². The van der Waals surface area contributed by atoms with Gasteiger partial charge in [-0.3, -0.25) is 19.4 Å². The summed E-state index contributed by atoms with van der Waals surface area (Å²) in [5, 5.41) is 2.82. The predicted octanol–water partition coefficient (Wildman–Crippen LogP) is 5.77. The van der Waals surface area contributed by atoms with Crippen molar-refractivity contribution < 1.29 is 9.59 Å². The lowest BCUT2D eigenvalue weighted by Gasteiger charge is -2.28. The maximum absolute atomic E-state index is 13.7. The first-order valence-corrected chi connectivity index (χ1v) is 12.4. The van der Waals surface area contributed by atoms with Crippen molar-refractivity contribution in [2.45, 2.75) is 20.0 Å². The number of hydrogen-bond donors (Lipinski definition) is 1. The number of carbonyl (C=O) groups is 2. The molecule has 0 saturated carbocycles. The molecule has 1 aliphatic heterocycles. The molecule has 0 radical (unpaired) electrons. The van der Waals surface area contributed by atoms with Gasteiger partial charge in [0.2, 0.25) is 0 Å². The molecule has 4 aromatic rings. The van der Waals surface area contributed by atoms with Crippen LogP contribution in [0.15, 0.2) is 115 Å². The quantitative estimate of drug-likeness (QED) is 0.321. The van der Waals surface area contributed by atoms with E-state index in [2.05, 4.69) is 34.5 Å². The van der Waals surface area contributed by atoms with Gasteiger partial charge in [-0.05, 0) is 36.2 Å². The Labute approximate surface area is 217 Å². The molecule has 37 heavy (non-hydrogen) atoms. The summed E-state index contributed by atoms with van der Waals surface area (Å²) in [5.41, 5.74) is 6.14. The van der Waals surface area contributed by atoms with Gasteiger partial charge in [-0.2, -0.15) is 0 Å². The van der Waals surface area contributed by atoms with Gasteiger partial charge in [-0.15, -0.1) is 0 Å². The molecular formula is C32H29N3O2. The Morgan fingerprint density at radius 2 is 1.35 bits per heavy atom. The predicted molar refractivity (Wildman–Crippen MR) is 148 cm³/mol. The second kappa shape index (κ2) is 11.1. The number of nitrogens with one attached hydrogen (secondary N) is 1. The number of fused-ring (bicyclic) bond motifs is 1. The molecular weight excluding hydrogens is 458 g/mol. The molecule has 0 aromatic heterocycles. The van der Waals surface area contributed by atoms with E-state index in [0.717, 1.165) is 16.8 Å². The molecule has 1 heterocycles. The lowest BCUT2D eigenvalue weighted by Crippen LogP contribution is -2.39. The van der Waals surface area contributed by atoms with Gasteiger partial charge in [0, 0.05) is 30.4 Å². The second-order valence-electron chi connectivity index (χ2n) is 9.25. The number of carbonyl (C=O) groups excluding carboxylic acids is 2. The van der Waals surface area contributed by atoms with Gasteiger partial charge in [0.25, 0.3) is 11.8 Å². The molecule has 0 bridgehead atoms. The minimum atomic E-state index is -0.244. The van der Waals surface area contributed by atoms with Crippen LogP contribution in [-0.4, -0.2) is 23.4 Å². The van der Waals surface area contributed by atoms with Crippen LogP contribution in [0.5, 0.6) is 0 Å². The Kier molecular flexibility index (Phi) is 7.24. The summed E-state index contributed by atoms with van der Waals surface area (Å²) >= 11 is 0. The fraction of sp³-hybridized carbons (Fsp3) is 0.125. The summed E-state index contributed by atoms with van der Waals surface area (Å²) in [5.74, 6) is -0.373. The molecule has 5 heteroatoms. The van der Waals surface area contributed by atoms with E-state index >= 15 is 0 Å².